The molecule has 0 bridgehead atoms. The van der Waals surface area contributed by atoms with Crippen LogP contribution in [-0.4, -0.2) is 27.8 Å². The zero-order valence-corrected chi connectivity index (χ0v) is 16.6. The van der Waals surface area contributed by atoms with Crippen LogP contribution in [0.25, 0.3) is 0 Å². The van der Waals surface area contributed by atoms with Crippen molar-refractivity contribution in [1.82, 2.24) is 14.8 Å². The molecule has 7 heteroatoms. The first kappa shape index (κ1) is 19.7. The highest BCUT2D eigenvalue weighted by atomic mass is 32.2. The maximum atomic E-state index is 13.1. The van der Waals surface area contributed by atoms with E-state index in [1.165, 1.54) is 11.8 Å². The van der Waals surface area contributed by atoms with Gasteiger partial charge in [0.05, 0.1) is 7.11 Å². The number of methoxy groups -OCH3 is 1. The van der Waals surface area contributed by atoms with Crippen LogP contribution >= 0.6 is 11.8 Å². The molecule has 0 radical (unpaired) electrons. The van der Waals surface area contributed by atoms with Crippen molar-refractivity contribution in [3.05, 3.63) is 78.6 Å². The number of ether oxygens (including phenoxy) is 1. The molecule has 0 spiro atoms. The Kier molecular flexibility index (Phi) is 6.49. The third-order valence-corrected chi connectivity index (χ3v) is 5.35. The van der Waals surface area contributed by atoms with E-state index in [0.717, 1.165) is 11.4 Å². The highest BCUT2D eigenvalue weighted by molar-refractivity contribution is 8.00. The standard InChI is InChI=1S/C21H22N4O2S/c1-4-13-25-15(2)23-24-21(25)28-19(16-9-6-5-7-10-16)20(26)22-17-11-8-12-18(14-17)27-3/h4-12,14,19H,1,13H2,2-3H3,(H,22,26)/t19-/m0/s1. The van der Waals surface area contributed by atoms with Crippen molar-refractivity contribution in [2.45, 2.75) is 23.9 Å². The highest BCUT2D eigenvalue weighted by Gasteiger charge is 2.25. The van der Waals surface area contributed by atoms with Crippen LogP contribution in [0.2, 0.25) is 0 Å². The number of allylic oxidation sites excluding steroid dienone is 1. The number of carbonyl (C=O) groups is 1. The summed E-state index contributed by atoms with van der Waals surface area (Å²) in [6, 6.07) is 16.9. The average molecular weight is 395 g/mol. The Morgan fingerprint density at radius 1 is 1.25 bits per heavy atom. The Bertz CT molecular complexity index is 956. The molecule has 6 nitrogen and oxygen atoms in total. The molecule has 1 atom stereocenters. The summed E-state index contributed by atoms with van der Waals surface area (Å²) in [5.74, 6) is 1.32. The van der Waals surface area contributed by atoms with Crippen LogP contribution in [0, 0.1) is 6.92 Å². The van der Waals surface area contributed by atoms with E-state index in [9.17, 15) is 4.79 Å². The van der Waals surface area contributed by atoms with E-state index in [0.29, 0.717) is 23.1 Å². The van der Waals surface area contributed by atoms with E-state index in [1.807, 2.05) is 60.0 Å². The quantitative estimate of drug-likeness (QED) is 0.457. The molecule has 0 unspecified atom stereocenters. The lowest BCUT2D eigenvalue weighted by Crippen LogP contribution is -2.19. The zero-order chi connectivity index (χ0) is 19.9. The second-order valence-corrected chi connectivity index (χ2v) is 7.13. The maximum absolute atomic E-state index is 13.1. The molecule has 0 fully saturated rings. The normalized spacial score (nSPS) is 11.6. The molecule has 0 aliphatic carbocycles. The van der Waals surface area contributed by atoms with Gasteiger partial charge in [-0.15, -0.1) is 16.8 Å². The van der Waals surface area contributed by atoms with E-state index in [-0.39, 0.29) is 5.91 Å². The number of aromatic nitrogens is 3. The topological polar surface area (TPSA) is 69.0 Å². The first-order valence-electron chi connectivity index (χ1n) is 8.79. The molecular weight excluding hydrogens is 372 g/mol. The van der Waals surface area contributed by atoms with Crippen molar-refractivity contribution in [2.24, 2.45) is 0 Å². The fourth-order valence-corrected chi connectivity index (χ4v) is 3.79. The number of anilines is 1. The van der Waals surface area contributed by atoms with Gasteiger partial charge in [-0.25, -0.2) is 0 Å². The zero-order valence-electron chi connectivity index (χ0n) is 15.8. The third kappa shape index (κ3) is 4.61. The van der Waals surface area contributed by atoms with Crippen LogP contribution < -0.4 is 10.1 Å². The minimum Gasteiger partial charge on any atom is -0.497 e. The van der Waals surface area contributed by atoms with Crippen molar-refractivity contribution in [3.8, 4) is 5.75 Å². The van der Waals surface area contributed by atoms with E-state index in [4.69, 9.17) is 4.74 Å². The Labute approximate surface area is 168 Å². The molecule has 0 aliphatic rings. The number of hydrogen-bond donors (Lipinski definition) is 1. The van der Waals surface area contributed by atoms with Crippen LogP contribution in [0.4, 0.5) is 5.69 Å². The number of hydrogen-bond acceptors (Lipinski definition) is 5. The second kappa shape index (κ2) is 9.23. The minimum atomic E-state index is -0.487. The van der Waals surface area contributed by atoms with Crippen LogP contribution in [0.3, 0.4) is 0 Å². The van der Waals surface area contributed by atoms with Crippen LogP contribution in [-0.2, 0) is 11.3 Å². The Balaban J connectivity index is 1.89. The molecule has 1 N–H and O–H groups in total. The Hall–Kier alpha value is -3.06. The van der Waals surface area contributed by atoms with Crippen molar-refractivity contribution >= 4 is 23.4 Å². The van der Waals surface area contributed by atoms with Crippen LogP contribution in [0.15, 0.2) is 72.4 Å². The summed E-state index contributed by atoms with van der Waals surface area (Å²) >= 11 is 1.36. The Morgan fingerprint density at radius 3 is 2.75 bits per heavy atom. The van der Waals surface area contributed by atoms with Crippen LogP contribution in [0.5, 0.6) is 5.75 Å². The van der Waals surface area contributed by atoms with E-state index in [2.05, 4.69) is 22.1 Å². The van der Waals surface area contributed by atoms with Gasteiger partial charge in [0.25, 0.3) is 0 Å². The van der Waals surface area contributed by atoms with Crippen LogP contribution in [0.1, 0.15) is 16.6 Å². The minimum absolute atomic E-state index is 0.143. The van der Waals surface area contributed by atoms with E-state index in [1.54, 1.807) is 19.3 Å². The predicted molar refractivity (Wildman–Crippen MR) is 112 cm³/mol. The second-order valence-electron chi connectivity index (χ2n) is 6.06. The fourth-order valence-electron chi connectivity index (χ4n) is 2.70. The smallest absolute Gasteiger partial charge is 0.242 e. The first-order chi connectivity index (χ1) is 13.6. The van der Waals surface area contributed by atoms with Gasteiger partial charge in [0, 0.05) is 18.3 Å². The Morgan fingerprint density at radius 2 is 2.04 bits per heavy atom. The van der Waals surface area contributed by atoms with Crippen molar-refractivity contribution in [3.63, 3.8) is 0 Å². The van der Waals surface area contributed by atoms with Crippen molar-refractivity contribution < 1.29 is 9.53 Å². The van der Waals surface area contributed by atoms with Gasteiger partial charge in [0.15, 0.2) is 5.16 Å². The molecular formula is C21H22N4O2S. The van der Waals surface area contributed by atoms with E-state index >= 15 is 0 Å². The molecule has 0 aliphatic heterocycles. The van der Waals surface area contributed by atoms with E-state index < -0.39 is 5.25 Å². The first-order valence-corrected chi connectivity index (χ1v) is 9.67. The number of amides is 1. The lowest BCUT2D eigenvalue weighted by atomic mass is 10.1. The number of benzene rings is 2. The number of nitrogens with one attached hydrogen (secondary N) is 1. The number of carbonyl (C=O) groups excluding carboxylic acids is 1. The molecule has 3 rings (SSSR count). The maximum Gasteiger partial charge on any atom is 0.242 e. The monoisotopic (exact) mass is 394 g/mol. The van der Waals surface area contributed by atoms with Crippen molar-refractivity contribution in [1.29, 1.82) is 0 Å². The molecule has 2 aromatic carbocycles. The molecule has 144 valence electrons. The van der Waals surface area contributed by atoms with Gasteiger partial charge >= 0.3 is 0 Å². The SMILES string of the molecule is C=CCn1c(C)nnc1S[C@H](C(=O)Nc1cccc(OC)c1)c1ccccc1. The van der Waals surface area contributed by atoms with Gasteiger partial charge in [0.2, 0.25) is 5.91 Å². The molecule has 0 saturated heterocycles. The molecule has 1 amide bonds. The molecule has 1 heterocycles. The average Bonchev–Trinajstić information content (AvgIpc) is 3.06. The number of rotatable bonds is 8. The molecule has 0 saturated carbocycles. The van der Waals surface area contributed by atoms with Gasteiger partial charge in [-0.05, 0) is 24.6 Å². The number of nitrogens with zero attached hydrogens (tertiary/aromatic N) is 3. The van der Waals surface area contributed by atoms with Gasteiger partial charge in [-0.2, -0.15) is 0 Å². The van der Waals surface area contributed by atoms with Gasteiger partial charge in [-0.1, -0.05) is 54.2 Å². The highest BCUT2D eigenvalue weighted by Crippen LogP contribution is 2.35. The number of aryl methyl sites for hydroxylation is 1. The molecule has 1 aromatic heterocycles. The summed E-state index contributed by atoms with van der Waals surface area (Å²) in [7, 11) is 1.60. The predicted octanol–water partition coefficient (Wildman–Crippen LogP) is 4.25. The summed E-state index contributed by atoms with van der Waals surface area (Å²) < 4.78 is 7.17. The van der Waals surface area contributed by atoms with Crippen molar-refractivity contribution in [2.75, 3.05) is 12.4 Å². The summed E-state index contributed by atoms with van der Waals surface area (Å²) in [6.45, 7) is 6.25. The fraction of sp³-hybridized carbons (Fsp3) is 0.190. The number of thioether (sulfide) groups is 1. The summed E-state index contributed by atoms with van der Waals surface area (Å²) in [6.07, 6.45) is 1.79. The largest absolute Gasteiger partial charge is 0.497 e. The third-order valence-electron chi connectivity index (χ3n) is 4.11. The molecule has 28 heavy (non-hydrogen) atoms. The lowest BCUT2D eigenvalue weighted by molar-refractivity contribution is -0.115. The van der Waals surface area contributed by atoms with Gasteiger partial charge in [0.1, 0.15) is 16.8 Å². The van der Waals surface area contributed by atoms with Gasteiger partial charge in [-0.3, -0.25) is 4.79 Å². The summed E-state index contributed by atoms with van der Waals surface area (Å²) in [5.41, 5.74) is 1.56. The molecule has 3 aromatic rings. The summed E-state index contributed by atoms with van der Waals surface area (Å²) in [5, 5.41) is 11.6. The lowest BCUT2D eigenvalue weighted by Gasteiger charge is -2.17. The van der Waals surface area contributed by atoms with Gasteiger partial charge < -0.3 is 14.6 Å². The summed E-state index contributed by atoms with van der Waals surface area (Å²) in [4.78, 5) is 13.1.